The van der Waals surface area contributed by atoms with Crippen molar-refractivity contribution in [2.45, 2.75) is 69.2 Å². The van der Waals surface area contributed by atoms with Gasteiger partial charge in [-0.15, -0.1) is 0 Å². The largest absolute Gasteiger partial charge is 0.455 e. The molecule has 1 fully saturated rings. The molecular weight excluding hydrogens is 392 g/mol. The summed E-state index contributed by atoms with van der Waals surface area (Å²) in [7, 11) is -3.81. The Morgan fingerprint density at radius 2 is 1.79 bits per heavy atom. The highest BCUT2D eigenvalue weighted by Gasteiger charge is 2.23. The number of carbonyl (C=O) groups excluding carboxylic acids is 2. The lowest BCUT2D eigenvalue weighted by Crippen LogP contribution is -2.43. The Balaban J connectivity index is 1.45. The molecular formula is C21H30N2O5S. The molecule has 160 valence electrons. The number of fused-ring (bicyclic) bond motifs is 1. The van der Waals surface area contributed by atoms with E-state index in [9.17, 15) is 18.0 Å². The maximum atomic E-state index is 12.5. The van der Waals surface area contributed by atoms with Gasteiger partial charge in [-0.25, -0.2) is 8.42 Å². The fourth-order valence-corrected chi connectivity index (χ4v) is 5.11. The van der Waals surface area contributed by atoms with E-state index < -0.39 is 29.1 Å². The van der Waals surface area contributed by atoms with Gasteiger partial charge in [-0.2, -0.15) is 4.72 Å². The van der Waals surface area contributed by atoms with E-state index in [1.165, 1.54) is 12.0 Å². The van der Waals surface area contributed by atoms with Crippen molar-refractivity contribution in [1.82, 2.24) is 10.0 Å². The van der Waals surface area contributed by atoms with Crippen LogP contribution in [0.25, 0.3) is 0 Å². The summed E-state index contributed by atoms with van der Waals surface area (Å²) in [5.74, 6) is -0.722. The molecule has 1 saturated carbocycles. The van der Waals surface area contributed by atoms with Gasteiger partial charge in [-0.05, 0) is 67.7 Å². The number of ether oxygens (including phenoxy) is 1. The second-order valence-corrected chi connectivity index (χ2v) is 9.83. The highest BCUT2D eigenvalue weighted by molar-refractivity contribution is 7.89. The highest BCUT2D eigenvalue weighted by Crippen LogP contribution is 2.24. The van der Waals surface area contributed by atoms with Crippen LogP contribution in [0, 0.1) is 5.92 Å². The molecule has 2 N–H and O–H groups in total. The molecule has 7 nitrogen and oxygen atoms in total. The standard InChI is InChI=1S/C21H30N2O5S/c1-15-6-2-5-9-19(15)23-20(24)14-28-21(25)13-22-29(26,27)18-11-10-16-7-3-4-8-17(16)12-18/h10-12,15,19,22H,2-9,13-14H2,1H3,(H,23,24)/t15-,19-/m1/s1. The van der Waals surface area contributed by atoms with Crippen LogP contribution in [-0.4, -0.2) is 39.5 Å². The van der Waals surface area contributed by atoms with Crippen LogP contribution in [0.4, 0.5) is 0 Å². The molecule has 0 unspecified atom stereocenters. The van der Waals surface area contributed by atoms with Crippen molar-refractivity contribution in [3.8, 4) is 0 Å². The number of benzene rings is 1. The minimum absolute atomic E-state index is 0.109. The Morgan fingerprint density at radius 3 is 2.55 bits per heavy atom. The van der Waals surface area contributed by atoms with Gasteiger partial charge < -0.3 is 10.1 Å². The van der Waals surface area contributed by atoms with E-state index >= 15 is 0 Å². The van der Waals surface area contributed by atoms with E-state index in [1.54, 1.807) is 12.1 Å². The third-order valence-electron chi connectivity index (χ3n) is 5.86. The predicted octanol–water partition coefficient (Wildman–Crippen LogP) is 2.08. The van der Waals surface area contributed by atoms with Gasteiger partial charge in [0.15, 0.2) is 6.61 Å². The maximum absolute atomic E-state index is 12.5. The zero-order chi connectivity index (χ0) is 20.9. The van der Waals surface area contributed by atoms with Crippen LogP contribution >= 0.6 is 0 Å². The summed E-state index contributed by atoms with van der Waals surface area (Å²) in [4.78, 5) is 24.0. The number of hydrogen-bond acceptors (Lipinski definition) is 5. The van der Waals surface area contributed by atoms with Gasteiger partial charge in [0, 0.05) is 6.04 Å². The van der Waals surface area contributed by atoms with Crippen LogP contribution in [0.1, 0.15) is 56.6 Å². The lowest BCUT2D eigenvalue weighted by molar-refractivity contribution is -0.147. The van der Waals surface area contributed by atoms with E-state index in [2.05, 4.69) is 17.0 Å². The zero-order valence-corrected chi connectivity index (χ0v) is 17.7. The van der Waals surface area contributed by atoms with E-state index in [-0.39, 0.29) is 16.8 Å². The summed E-state index contributed by atoms with van der Waals surface area (Å²) >= 11 is 0. The van der Waals surface area contributed by atoms with Crippen LogP contribution in [0.5, 0.6) is 0 Å². The summed E-state index contributed by atoms with van der Waals surface area (Å²) in [6.45, 7) is 1.20. The molecule has 0 spiro atoms. The van der Waals surface area contributed by atoms with Crippen LogP contribution in [0.15, 0.2) is 23.1 Å². The summed E-state index contributed by atoms with van der Waals surface area (Å²) in [5, 5.41) is 2.90. The van der Waals surface area contributed by atoms with Crippen molar-refractivity contribution in [3.05, 3.63) is 29.3 Å². The lowest BCUT2D eigenvalue weighted by atomic mass is 9.86. The van der Waals surface area contributed by atoms with Crippen molar-refractivity contribution >= 4 is 21.9 Å². The molecule has 0 heterocycles. The molecule has 0 aliphatic heterocycles. The molecule has 2 aliphatic carbocycles. The van der Waals surface area contributed by atoms with Crippen molar-refractivity contribution < 1.29 is 22.7 Å². The van der Waals surface area contributed by atoms with Crippen molar-refractivity contribution in [2.75, 3.05) is 13.2 Å². The van der Waals surface area contributed by atoms with Gasteiger partial charge in [0.25, 0.3) is 5.91 Å². The SMILES string of the molecule is C[C@@H]1CCCC[C@H]1NC(=O)COC(=O)CNS(=O)(=O)c1ccc2c(c1)CCCC2. The summed E-state index contributed by atoms with van der Waals surface area (Å²) in [5.41, 5.74) is 2.24. The minimum atomic E-state index is -3.81. The number of hydrogen-bond donors (Lipinski definition) is 2. The number of carbonyl (C=O) groups is 2. The molecule has 0 aromatic heterocycles. The Kier molecular flexibility index (Phi) is 7.29. The molecule has 1 aromatic rings. The molecule has 29 heavy (non-hydrogen) atoms. The summed E-state index contributed by atoms with van der Waals surface area (Å²) < 4.78 is 32.1. The molecule has 8 heteroatoms. The first kappa shape index (κ1) is 21.8. The normalized spacial score (nSPS) is 21.8. The third-order valence-corrected chi connectivity index (χ3v) is 7.26. The van der Waals surface area contributed by atoms with Gasteiger partial charge in [-0.3, -0.25) is 9.59 Å². The van der Waals surface area contributed by atoms with Crippen molar-refractivity contribution in [2.24, 2.45) is 5.92 Å². The smallest absolute Gasteiger partial charge is 0.321 e. The monoisotopic (exact) mass is 422 g/mol. The lowest BCUT2D eigenvalue weighted by Gasteiger charge is -2.29. The van der Waals surface area contributed by atoms with Crippen LogP contribution in [0.2, 0.25) is 0 Å². The van der Waals surface area contributed by atoms with E-state index in [1.807, 2.05) is 6.07 Å². The average molecular weight is 423 g/mol. The topological polar surface area (TPSA) is 102 Å². The summed E-state index contributed by atoms with van der Waals surface area (Å²) in [6, 6.07) is 5.20. The van der Waals surface area contributed by atoms with Crippen molar-refractivity contribution in [3.63, 3.8) is 0 Å². The van der Waals surface area contributed by atoms with E-state index in [4.69, 9.17) is 4.74 Å². The van der Waals surface area contributed by atoms with Gasteiger partial charge in [-0.1, -0.05) is 25.8 Å². The predicted molar refractivity (Wildman–Crippen MR) is 109 cm³/mol. The quantitative estimate of drug-likeness (QED) is 0.655. The van der Waals surface area contributed by atoms with Gasteiger partial charge in [0.2, 0.25) is 10.0 Å². The zero-order valence-electron chi connectivity index (χ0n) is 16.9. The fourth-order valence-electron chi connectivity index (χ4n) is 4.09. The molecule has 2 atom stereocenters. The van der Waals surface area contributed by atoms with Crippen molar-refractivity contribution in [1.29, 1.82) is 0 Å². The van der Waals surface area contributed by atoms with Gasteiger partial charge in [0.1, 0.15) is 6.54 Å². The molecule has 0 saturated heterocycles. The van der Waals surface area contributed by atoms with Crippen LogP contribution < -0.4 is 10.0 Å². The number of amides is 1. The number of sulfonamides is 1. The Morgan fingerprint density at radius 1 is 1.07 bits per heavy atom. The van der Waals surface area contributed by atoms with Crippen LogP contribution in [0.3, 0.4) is 0 Å². The first-order chi connectivity index (χ1) is 13.8. The Hall–Kier alpha value is -1.93. The number of aryl methyl sites for hydroxylation is 2. The van der Waals surface area contributed by atoms with Gasteiger partial charge in [0.05, 0.1) is 4.90 Å². The molecule has 0 radical (unpaired) electrons. The van der Waals surface area contributed by atoms with E-state index in [0.29, 0.717) is 5.92 Å². The maximum Gasteiger partial charge on any atom is 0.321 e. The first-order valence-electron chi connectivity index (χ1n) is 10.4. The number of rotatable bonds is 7. The van der Waals surface area contributed by atoms with Gasteiger partial charge >= 0.3 is 5.97 Å². The highest BCUT2D eigenvalue weighted by atomic mass is 32.2. The molecule has 1 aromatic carbocycles. The van der Waals surface area contributed by atoms with E-state index in [0.717, 1.165) is 50.5 Å². The molecule has 1 amide bonds. The fraction of sp³-hybridized carbons (Fsp3) is 0.619. The molecule has 0 bridgehead atoms. The van der Waals surface area contributed by atoms with Crippen LogP contribution in [-0.2, 0) is 37.2 Å². The second-order valence-electron chi connectivity index (χ2n) is 8.06. The third kappa shape index (κ3) is 6.02. The Labute approximate surface area is 172 Å². The first-order valence-corrected chi connectivity index (χ1v) is 11.9. The average Bonchev–Trinajstić information content (AvgIpc) is 2.72. The molecule has 2 aliphatic rings. The summed E-state index contributed by atoms with van der Waals surface area (Å²) in [6.07, 6.45) is 8.28. The number of nitrogens with one attached hydrogen (secondary N) is 2. The second kappa shape index (κ2) is 9.71. The number of esters is 1. The Bertz CT molecular complexity index is 853. The minimum Gasteiger partial charge on any atom is -0.455 e. The molecule has 3 rings (SSSR count).